The molecule has 1 aliphatic heterocycles. The van der Waals surface area contributed by atoms with E-state index in [0.717, 1.165) is 6.20 Å². The number of hydrogen-bond donors (Lipinski definition) is 0. The molecule has 2 aromatic rings. The lowest BCUT2D eigenvalue weighted by molar-refractivity contribution is 0.0683. The van der Waals surface area contributed by atoms with Gasteiger partial charge in [-0.05, 0) is 11.6 Å². The van der Waals surface area contributed by atoms with E-state index in [0.29, 0.717) is 19.2 Å². The molecule has 0 spiro atoms. The Morgan fingerprint density at radius 1 is 1.26 bits per heavy atom. The molecule has 1 saturated heterocycles. The van der Waals surface area contributed by atoms with Crippen LogP contribution in [0.15, 0.2) is 12.3 Å². The lowest BCUT2D eigenvalue weighted by Crippen LogP contribution is -2.52. The molecule has 7 nitrogen and oxygen atoms in total. The largest absolute Gasteiger partial charge is 0.463 e. The van der Waals surface area contributed by atoms with Gasteiger partial charge in [-0.3, -0.25) is 4.98 Å². The number of halogens is 4. The Labute approximate surface area is 158 Å². The van der Waals surface area contributed by atoms with Gasteiger partial charge in [0.15, 0.2) is 17.7 Å². The minimum atomic E-state index is -1.17. The highest BCUT2D eigenvalue weighted by atomic mass is 35.5. The van der Waals surface area contributed by atoms with E-state index in [1.165, 1.54) is 7.11 Å². The predicted octanol–water partition coefficient (Wildman–Crippen LogP) is 2.54. The molecule has 146 valence electrons. The molecule has 1 unspecified atom stereocenters. The second-order valence-corrected chi connectivity index (χ2v) is 6.12. The van der Waals surface area contributed by atoms with E-state index in [9.17, 15) is 13.2 Å². The van der Waals surface area contributed by atoms with Gasteiger partial charge in [-0.1, -0.05) is 0 Å². The van der Waals surface area contributed by atoms with Crippen LogP contribution >= 0.6 is 11.6 Å². The number of hydrogen-bond acceptors (Lipinski definition) is 7. The van der Waals surface area contributed by atoms with Gasteiger partial charge in [0.25, 0.3) is 5.88 Å². The number of aromatic nitrogens is 3. The molecule has 0 bridgehead atoms. The van der Waals surface area contributed by atoms with Crippen molar-refractivity contribution in [1.82, 2.24) is 15.0 Å². The van der Waals surface area contributed by atoms with Gasteiger partial charge < -0.3 is 19.1 Å². The van der Waals surface area contributed by atoms with Crippen molar-refractivity contribution in [2.24, 2.45) is 0 Å². The molecule has 0 N–H and O–H groups in total. The fourth-order valence-corrected chi connectivity index (χ4v) is 2.71. The van der Waals surface area contributed by atoms with Crippen LogP contribution in [0.1, 0.15) is 11.8 Å². The van der Waals surface area contributed by atoms with Crippen LogP contribution in [-0.4, -0.2) is 55.0 Å². The summed E-state index contributed by atoms with van der Waals surface area (Å²) in [6, 6.07) is 0.647. The molecule has 0 amide bonds. The summed E-state index contributed by atoms with van der Waals surface area (Å²) < 4.78 is 57.6. The predicted molar refractivity (Wildman–Crippen MR) is 89.4 cm³/mol. The molecular formula is C16H16ClF3N4O3. The van der Waals surface area contributed by atoms with Crippen LogP contribution < -0.4 is 9.64 Å². The molecule has 2 aromatic heterocycles. The Bertz CT molecular complexity index is 824. The van der Waals surface area contributed by atoms with E-state index in [1.54, 1.807) is 12.0 Å². The van der Waals surface area contributed by atoms with Crippen molar-refractivity contribution in [3.8, 4) is 5.88 Å². The third-order valence-corrected chi connectivity index (χ3v) is 4.14. The smallest absolute Gasteiger partial charge is 0.257 e. The molecule has 0 saturated carbocycles. The summed E-state index contributed by atoms with van der Waals surface area (Å²) in [5, 5.41) is -0.244. The van der Waals surface area contributed by atoms with Crippen LogP contribution in [0.5, 0.6) is 5.88 Å². The van der Waals surface area contributed by atoms with Crippen molar-refractivity contribution in [2.75, 3.05) is 38.8 Å². The Kier molecular flexibility index (Phi) is 5.98. The van der Waals surface area contributed by atoms with Gasteiger partial charge >= 0.3 is 0 Å². The Morgan fingerprint density at radius 3 is 2.63 bits per heavy atom. The lowest BCUT2D eigenvalue weighted by atomic mass is 10.1. The van der Waals surface area contributed by atoms with E-state index < -0.39 is 29.4 Å². The van der Waals surface area contributed by atoms with Gasteiger partial charge in [0, 0.05) is 33.4 Å². The van der Waals surface area contributed by atoms with E-state index in [2.05, 4.69) is 15.0 Å². The van der Waals surface area contributed by atoms with Gasteiger partial charge in [0.1, 0.15) is 11.5 Å². The Balaban J connectivity index is 1.89. The highest BCUT2D eigenvalue weighted by Gasteiger charge is 2.32. The van der Waals surface area contributed by atoms with Crippen molar-refractivity contribution in [2.45, 2.75) is 12.2 Å². The topological polar surface area (TPSA) is 69.6 Å². The van der Waals surface area contributed by atoms with Crippen molar-refractivity contribution in [3.63, 3.8) is 0 Å². The maximum atomic E-state index is 14.8. The van der Waals surface area contributed by atoms with Gasteiger partial charge in [-0.2, -0.15) is 14.4 Å². The molecule has 3 heterocycles. The summed E-state index contributed by atoms with van der Waals surface area (Å²) in [7, 11) is 2.90. The highest BCUT2D eigenvalue weighted by Crippen LogP contribution is 2.32. The van der Waals surface area contributed by atoms with Gasteiger partial charge in [-0.15, -0.1) is 0 Å². The number of anilines is 1. The van der Waals surface area contributed by atoms with E-state index >= 15 is 0 Å². The van der Waals surface area contributed by atoms with Crippen molar-refractivity contribution >= 4 is 17.4 Å². The first-order valence-corrected chi connectivity index (χ1v) is 8.28. The summed E-state index contributed by atoms with van der Waals surface area (Å²) in [6.07, 6.45) is -0.391. The minimum absolute atomic E-state index is 0.0405. The number of ether oxygens (including phenoxy) is 3. The van der Waals surface area contributed by atoms with Crippen molar-refractivity contribution < 1.29 is 27.4 Å². The molecule has 27 heavy (non-hydrogen) atoms. The molecule has 1 atom stereocenters. The summed E-state index contributed by atoms with van der Waals surface area (Å²) in [4.78, 5) is 12.9. The van der Waals surface area contributed by atoms with Crippen molar-refractivity contribution in [1.29, 1.82) is 0 Å². The first-order chi connectivity index (χ1) is 12.9. The summed E-state index contributed by atoms with van der Waals surface area (Å²) in [6.45, 7) is 0.674. The van der Waals surface area contributed by atoms with Crippen LogP contribution in [-0.2, 0) is 9.47 Å². The monoisotopic (exact) mass is 404 g/mol. The standard InChI is InChI=1S/C16H16ClF3N4O3/c1-25-7-11(13-10(19)3-8(18)4-21-13)27-15-12(20)14(22-16(17)23-15)24-5-9(6-24)26-2/h3-4,9,11H,5-7H2,1-2H3. The second-order valence-electron chi connectivity index (χ2n) is 5.78. The lowest BCUT2D eigenvalue weighted by Gasteiger charge is -2.39. The first-order valence-electron chi connectivity index (χ1n) is 7.90. The van der Waals surface area contributed by atoms with Crippen molar-refractivity contribution in [3.05, 3.63) is 40.7 Å². The molecule has 0 radical (unpaired) electrons. The molecule has 0 aliphatic carbocycles. The maximum absolute atomic E-state index is 14.8. The number of methoxy groups -OCH3 is 2. The fourth-order valence-electron chi connectivity index (χ4n) is 2.55. The fraction of sp³-hybridized carbons (Fsp3) is 0.438. The van der Waals surface area contributed by atoms with Gasteiger partial charge in [-0.25, -0.2) is 8.78 Å². The quantitative estimate of drug-likeness (QED) is 0.657. The number of pyridine rings is 1. The first kappa shape index (κ1) is 19.6. The van der Waals surface area contributed by atoms with Crippen LogP contribution in [0.25, 0.3) is 0 Å². The van der Waals surface area contributed by atoms with E-state index in [1.807, 2.05) is 0 Å². The normalized spacial score (nSPS) is 15.6. The average Bonchev–Trinajstić information content (AvgIpc) is 2.57. The summed E-state index contributed by atoms with van der Waals surface area (Å²) >= 11 is 5.88. The van der Waals surface area contributed by atoms with E-state index in [4.69, 9.17) is 25.8 Å². The molecule has 3 rings (SSSR count). The van der Waals surface area contributed by atoms with Gasteiger partial charge in [0.05, 0.1) is 18.9 Å². The van der Waals surface area contributed by atoms with E-state index in [-0.39, 0.29) is 29.5 Å². The van der Waals surface area contributed by atoms with Crippen LogP contribution in [0.2, 0.25) is 5.28 Å². The summed E-state index contributed by atoms with van der Waals surface area (Å²) in [5.41, 5.74) is -0.252. The second kappa shape index (κ2) is 8.24. The minimum Gasteiger partial charge on any atom is -0.463 e. The van der Waals surface area contributed by atoms with Crippen LogP contribution in [0, 0.1) is 17.5 Å². The van der Waals surface area contributed by atoms with Gasteiger partial charge in [0.2, 0.25) is 11.1 Å². The molecule has 0 aromatic carbocycles. The summed E-state index contributed by atoms with van der Waals surface area (Å²) in [5.74, 6) is -3.21. The Hall–Kier alpha value is -2.17. The zero-order valence-electron chi connectivity index (χ0n) is 14.5. The maximum Gasteiger partial charge on any atom is 0.257 e. The average molecular weight is 405 g/mol. The third-order valence-electron chi connectivity index (χ3n) is 3.97. The molecule has 11 heteroatoms. The zero-order valence-corrected chi connectivity index (χ0v) is 15.2. The number of nitrogens with zero attached hydrogens (tertiary/aromatic N) is 4. The third kappa shape index (κ3) is 4.23. The van der Waals surface area contributed by atoms with Crippen LogP contribution in [0.4, 0.5) is 19.0 Å². The molecule has 1 fully saturated rings. The Morgan fingerprint density at radius 2 is 2.00 bits per heavy atom. The molecule has 1 aliphatic rings. The number of rotatable bonds is 7. The SMILES string of the molecule is COCC(Oc1nc(Cl)nc(N2CC(OC)C2)c1F)c1ncc(F)cc1F. The van der Waals surface area contributed by atoms with Crippen LogP contribution in [0.3, 0.4) is 0 Å². The molecular weight excluding hydrogens is 389 g/mol. The highest BCUT2D eigenvalue weighted by molar-refractivity contribution is 6.28. The zero-order chi connectivity index (χ0) is 19.6.